The number of hydrogen-bond donors (Lipinski definition) is 1. The van der Waals surface area contributed by atoms with Crippen LogP contribution in [0.5, 0.6) is 0 Å². The van der Waals surface area contributed by atoms with E-state index in [0.29, 0.717) is 10.4 Å². The lowest BCUT2D eigenvalue weighted by Crippen LogP contribution is -2.14. The fourth-order valence-corrected chi connectivity index (χ4v) is 3.40. The first-order valence-electron chi connectivity index (χ1n) is 5.63. The van der Waals surface area contributed by atoms with Crippen LogP contribution in [0.1, 0.15) is 24.7 Å². The third-order valence-corrected chi connectivity index (χ3v) is 4.83. The zero-order chi connectivity index (χ0) is 14.3. The van der Waals surface area contributed by atoms with Gasteiger partial charge in [-0.25, -0.2) is 18.1 Å². The van der Waals surface area contributed by atoms with Crippen molar-refractivity contribution in [1.29, 1.82) is 0 Å². The molecule has 0 spiro atoms. The second-order valence-corrected chi connectivity index (χ2v) is 7.19. The molecular formula is C10H8BrClN4O3S. The maximum atomic E-state index is 12.2. The summed E-state index contributed by atoms with van der Waals surface area (Å²) < 4.78 is 32.3. The number of pyridine rings is 1. The van der Waals surface area contributed by atoms with Crippen LogP contribution in [0.15, 0.2) is 26.0 Å². The summed E-state index contributed by atoms with van der Waals surface area (Å²) in [6, 6.07) is 1.17. The molecule has 1 aliphatic rings. The summed E-state index contributed by atoms with van der Waals surface area (Å²) in [4.78, 5) is 3.60. The zero-order valence-electron chi connectivity index (χ0n) is 9.88. The molecule has 0 saturated heterocycles. The van der Waals surface area contributed by atoms with Crippen molar-refractivity contribution in [2.24, 2.45) is 0 Å². The highest BCUT2D eigenvalue weighted by atomic mass is 79.9. The van der Waals surface area contributed by atoms with Crippen LogP contribution in [-0.2, 0) is 10.0 Å². The van der Waals surface area contributed by atoms with Gasteiger partial charge in [0.05, 0.1) is 0 Å². The predicted molar refractivity (Wildman–Crippen MR) is 74.0 cm³/mol. The van der Waals surface area contributed by atoms with Gasteiger partial charge in [0.15, 0.2) is 0 Å². The first-order valence-corrected chi connectivity index (χ1v) is 8.28. The third kappa shape index (κ3) is 2.79. The number of aromatic nitrogens is 3. The van der Waals surface area contributed by atoms with Gasteiger partial charge in [-0.2, -0.15) is 0 Å². The highest BCUT2D eigenvalue weighted by molar-refractivity contribution is 9.10. The Balaban J connectivity index is 1.89. The first kappa shape index (κ1) is 13.8. The number of nitrogens with one attached hydrogen (secondary N) is 1. The molecule has 0 amide bonds. The minimum Gasteiger partial charge on any atom is -0.407 e. The average Bonchev–Trinajstić information content (AvgIpc) is 3.13. The Morgan fingerprint density at radius 1 is 1.40 bits per heavy atom. The summed E-state index contributed by atoms with van der Waals surface area (Å²) >= 11 is 8.94. The van der Waals surface area contributed by atoms with Gasteiger partial charge in [0.1, 0.15) is 10.0 Å². The van der Waals surface area contributed by atoms with Crippen molar-refractivity contribution in [3.05, 3.63) is 27.8 Å². The van der Waals surface area contributed by atoms with Crippen molar-refractivity contribution in [1.82, 2.24) is 15.2 Å². The molecule has 106 valence electrons. The molecule has 7 nitrogen and oxygen atoms in total. The Bertz CT molecular complexity index is 760. The number of rotatable bonds is 4. The maximum absolute atomic E-state index is 12.2. The Kier molecular flexibility index (Phi) is 3.43. The second-order valence-electron chi connectivity index (χ2n) is 4.27. The third-order valence-electron chi connectivity index (χ3n) is 2.65. The molecule has 0 atom stereocenters. The molecule has 0 aliphatic heterocycles. The Morgan fingerprint density at radius 3 is 2.85 bits per heavy atom. The van der Waals surface area contributed by atoms with Gasteiger partial charge in [-0.15, -0.1) is 5.10 Å². The van der Waals surface area contributed by atoms with Gasteiger partial charge in [0, 0.05) is 16.6 Å². The highest BCUT2D eigenvalue weighted by Gasteiger charge is 2.30. The fraction of sp³-hybridized carbons (Fsp3) is 0.300. The summed E-state index contributed by atoms with van der Waals surface area (Å²) in [6.45, 7) is 0. The monoisotopic (exact) mass is 378 g/mol. The molecule has 2 aromatic rings. The molecule has 1 fully saturated rings. The van der Waals surface area contributed by atoms with Crippen molar-refractivity contribution < 1.29 is 12.8 Å². The molecule has 20 heavy (non-hydrogen) atoms. The number of halogens is 2. The van der Waals surface area contributed by atoms with Crippen molar-refractivity contribution in [2.75, 3.05) is 4.72 Å². The van der Waals surface area contributed by atoms with Crippen molar-refractivity contribution in [3.8, 4) is 0 Å². The number of anilines is 1. The van der Waals surface area contributed by atoms with E-state index in [1.807, 2.05) is 0 Å². The summed E-state index contributed by atoms with van der Waals surface area (Å²) in [6.07, 6.45) is 3.37. The van der Waals surface area contributed by atoms with Gasteiger partial charge in [-0.05, 0) is 34.8 Å². The van der Waals surface area contributed by atoms with Gasteiger partial charge >= 0.3 is 6.01 Å². The van der Waals surface area contributed by atoms with Gasteiger partial charge in [0.25, 0.3) is 10.0 Å². The zero-order valence-corrected chi connectivity index (χ0v) is 13.0. The first-order chi connectivity index (χ1) is 9.45. The van der Waals surface area contributed by atoms with Crippen molar-refractivity contribution in [3.63, 3.8) is 0 Å². The molecule has 3 rings (SSSR count). The Hall–Kier alpha value is -1.19. The van der Waals surface area contributed by atoms with E-state index < -0.39 is 10.0 Å². The van der Waals surface area contributed by atoms with E-state index >= 15 is 0 Å². The summed E-state index contributed by atoms with van der Waals surface area (Å²) in [7, 11) is -3.93. The molecule has 0 radical (unpaired) electrons. The minimum absolute atomic E-state index is 0.136. The lowest BCUT2D eigenvalue weighted by molar-refractivity contribution is 0.510. The molecular weight excluding hydrogens is 372 g/mol. The van der Waals surface area contributed by atoms with Crippen molar-refractivity contribution >= 4 is 43.6 Å². The van der Waals surface area contributed by atoms with Gasteiger partial charge < -0.3 is 4.42 Å². The van der Waals surface area contributed by atoms with Gasteiger partial charge in [0.2, 0.25) is 5.89 Å². The molecule has 1 saturated carbocycles. The van der Waals surface area contributed by atoms with Gasteiger partial charge in [-0.3, -0.25) is 0 Å². The lowest BCUT2D eigenvalue weighted by atomic mass is 10.4. The Labute approximate surface area is 127 Å². The van der Waals surface area contributed by atoms with E-state index in [2.05, 4.69) is 35.8 Å². The van der Waals surface area contributed by atoms with Crippen LogP contribution in [0.3, 0.4) is 0 Å². The number of sulfonamides is 1. The SMILES string of the molecule is O=S(=O)(Nc1nnc(C2CC2)o1)c1cc(Br)cnc1Cl. The fourth-order valence-electron chi connectivity index (χ4n) is 1.53. The van der Waals surface area contributed by atoms with Gasteiger partial charge in [-0.1, -0.05) is 16.7 Å². The molecule has 2 heterocycles. The molecule has 2 aromatic heterocycles. The topological polar surface area (TPSA) is 98.0 Å². The van der Waals surface area contributed by atoms with E-state index in [-0.39, 0.29) is 22.0 Å². The maximum Gasteiger partial charge on any atom is 0.329 e. The lowest BCUT2D eigenvalue weighted by Gasteiger charge is -2.05. The van der Waals surface area contributed by atoms with Crippen LogP contribution in [0.2, 0.25) is 5.15 Å². The Morgan fingerprint density at radius 2 is 2.15 bits per heavy atom. The molecule has 0 unspecified atom stereocenters. The van der Waals surface area contributed by atoms with Crippen LogP contribution < -0.4 is 4.72 Å². The van der Waals surface area contributed by atoms with Crippen LogP contribution in [0, 0.1) is 0 Å². The minimum atomic E-state index is -3.93. The van der Waals surface area contributed by atoms with Crippen LogP contribution in [-0.4, -0.2) is 23.6 Å². The normalized spacial score (nSPS) is 15.3. The van der Waals surface area contributed by atoms with E-state index in [4.69, 9.17) is 16.0 Å². The largest absolute Gasteiger partial charge is 0.407 e. The van der Waals surface area contributed by atoms with E-state index in [0.717, 1.165) is 12.8 Å². The smallest absolute Gasteiger partial charge is 0.329 e. The number of nitrogens with zero attached hydrogens (tertiary/aromatic N) is 3. The summed E-state index contributed by atoms with van der Waals surface area (Å²) in [5.74, 6) is 0.693. The van der Waals surface area contributed by atoms with E-state index in [9.17, 15) is 8.42 Å². The van der Waals surface area contributed by atoms with Crippen LogP contribution in [0.4, 0.5) is 6.01 Å². The molecule has 0 bridgehead atoms. The molecule has 0 aromatic carbocycles. The number of hydrogen-bond acceptors (Lipinski definition) is 6. The second kappa shape index (κ2) is 4.97. The molecule has 1 N–H and O–H groups in total. The molecule has 1 aliphatic carbocycles. The average molecular weight is 380 g/mol. The standard InChI is InChI=1S/C10H8BrClN4O3S/c11-6-3-7(8(12)13-4-6)20(17,18)16-10-15-14-9(19-10)5-1-2-5/h3-5H,1-2H2,(H,15,16). The summed E-state index contributed by atoms with van der Waals surface area (Å²) in [5, 5.41) is 7.32. The van der Waals surface area contributed by atoms with Crippen LogP contribution in [0.25, 0.3) is 0 Å². The predicted octanol–water partition coefficient (Wildman–Crippen LogP) is 2.56. The van der Waals surface area contributed by atoms with E-state index in [1.54, 1.807) is 0 Å². The van der Waals surface area contributed by atoms with Crippen molar-refractivity contribution in [2.45, 2.75) is 23.7 Å². The van der Waals surface area contributed by atoms with E-state index in [1.165, 1.54) is 12.3 Å². The summed E-state index contributed by atoms with van der Waals surface area (Å²) in [5.41, 5.74) is 0. The highest BCUT2D eigenvalue weighted by Crippen LogP contribution is 2.39. The van der Waals surface area contributed by atoms with Crippen LogP contribution >= 0.6 is 27.5 Å². The quantitative estimate of drug-likeness (QED) is 0.820. The molecule has 10 heteroatoms.